The Morgan fingerprint density at radius 2 is 1.84 bits per heavy atom. The van der Waals surface area contributed by atoms with E-state index in [1.165, 1.54) is 6.42 Å². The highest BCUT2D eigenvalue weighted by Crippen LogP contribution is 2.39. The first-order chi connectivity index (χ1) is 14.7. The van der Waals surface area contributed by atoms with Gasteiger partial charge in [0.1, 0.15) is 5.82 Å². The first-order valence-electron chi connectivity index (χ1n) is 10.4. The number of halogens is 4. The van der Waals surface area contributed by atoms with Gasteiger partial charge in [-0.2, -0.15) is 13.2 Å². The van der Waals surface area contributed by atoms with Gasteiger partial charge in [0.15, 0.2) is 0 Å². The molecule has 4 rings (SSSR count). The number of carbonyl (C=O) groups excluding carboxylic acids is 2. The van der Waals surface area contributed by atoms with Crippen LogP contribution in [0.4, 0.5) is 23.2 Å². The highest BCUT2D eigenvalue weighted by molar-refractivity contribution is 6.07. The van der Waals surface area contributed by atoms with E-state index < -0.39 is 29.0 Å². The largest absolute Gasteiger partial charge is 0.416 e. The number of amides is 2. The number of anilines is 1. The molecule has 2 amide bonds. The minimum absolute atomic E-state index is 0.239. The number of hydrogen-bond acceptors (Lipinski definition) is 2. The molecule has 2 aromatic carbocycles. The number of rotatable bonds is 4. The number of carbonyl (C=O) groups is 2. The number of hydrogen-bond donors (Lipinski definition) is 2. The maximum Gasteiger partial charge on any atom is 0.416 e. The molecule has 2 aliphatic rings. The number of alkyl halides is 3. The standard InChI is InChI=1S/C23H22F4N2O2/c24-16-11-14(10-15(12-16)23(25,26)27)21(30)28-18-8-4-7-17-20(18)19(29-22(17)31)9-13-5-2-1-3-6-13/h4,7-8,10-13,19H,1-3,5-6,9H2,(H,28,30)(H,29,31). The molecule has 1 saturated carbocycles. The van der Waals surface area contributed by atoms with Crippen molar-refractivity contribution in [2.45, 2.75) is 50.7 Å². The lowest BCUT2D eigenvalue weighted by atomic mass is 9.83. The van der Waals surface area contributed by atoms with E-state index in [-0.39, 0.29) is 11.9 Å². The second kappa shape index (κ2) is 8.32. The fourth-order valence-corrected chi connectivity index (χ4v) is 4.57. The van der Waals surface area contributed by atoms with Crippen molar-refractivity contribution in [3.05, 3.63) is 64.5 Å². The molecule has 1 unspecified atom stereocenters. The molecule has 1 aliphatic heterocycles. The van der Waals surface area contributed by atoms with E-state index in [0.29, 0.717) is 34.9 Å². The summed E-state index contributed by atoms with van der Waals surface area (Å²) < 4.78 is 52.7. The first-order valence-corrected chi connectivity index (χ1v) is 10.4. The van der Waals surface area contributed by atoms with Crippen LogP contribution < -0.4 is 10.6 Å². The smallest absolute Gasteiger partial charge is 0.345 e. The molecule has 1 heterocycles. The third kappa shape index (κ3) is 4.57. The van der Waals surface area contributed by atoms with E-state index in [0.717, 1.165) is 38.2 Å². The zero-order valence-corrected chi connectivity index (χ0v) is 16.7. The molecule has 31 heavy (non-hydrogen) atoms. The fourth-order valence-electron chi connectivity index (χ4n) is 4.57. The second-order valence-electron chi connectivity index (χ2n) is 8.21. The zero-order chi connectivity index (χ0) is 22.2. The molecular formula is C23H22F4N2O2. The molecule has 8 heteroatoms. The Bertz CT molecular complexity index is 1010. The molecule has 2 aromatic rings. The lowest BCUT2D eigenvalue weighted by Crippen LogP contribution is -2.23. The van der Waals surface area contributed by atoms with Crippen LogP contribution in [0.1, 0.15) is 76.4 Å². The molecule has 1 aliphatic carbocycles. The number of fused-ring (bicyclic) bond motifs is 1. The first kappa shape index (κ1) is 21.3. The fraction of sp³-hybridized carbons (Fsp3) is 0.391. The summed E-state index contributed by atoms with van der Waals surface area (Å²) in [4.78, 5) is 25.1. The number of benzene rings is 2. The Kier molecular flexibility index (Phi) is 5.73. The van der Waals surface area contributed by atoms with Crippen LogP contribution in [0.25, 0.3) is 0 Å². The summed E-state index contributed by atoms with van der Waals surface area (Å²) in [6, 6.07) is 6.31. The van der Waals surface area contributed by atoms with Crippen LogP contribution in [0.3, 0.4) is 0 Å². The van der Waals surface area contributed by atoms with Crippen molar-refractivity contribution < 1.29 is 27.2 Å². The Labute approximate surface area is 177 Å². The average molecular weight is 434 g/mol. The predicted molar refractivity (Wildman–Crippen MR) is 107 cm³/mol. The summed E-state index contributed by atoms with van der Waals surface area (Å²) in [5, 5.41) is 5.55. The Morgan fingerprint density at radius 1 is 1.10 bits per heavy atom. The summed E-state index contributed by atoms with van der Waals surface area (Å²) in [5.41, 5.74) is -0.249. The summed E-state index contributed by atoms with van der Waals surface area (Å²) in [7, 11) is 0. The van der Waals surface area contributed by atoms with Crippen molar-refractivity contribution in [3.8, 4) is 0 Å². The van der Waals surface area contributed by atoms with Gasteiger partial charge < -0.3 is 10.6 Å². The number of nitrogens with one attached hydrogen (secondary N) is 2. The van der Waals surface area contributed by atoms with E-state index in [1.54, 1.807) is 18.2 Å². The van der Waals surface area contributed by atoms with E-state index >= 15 is 0 Å². The molecule has 2 N–H and O–H groups in total. The predicted octanol–water partition coefficient (Wildman–Crippen LogP) is 5.85. The SMILES string of the molecule is O=C(Nc1cccc2c1C(CC1CCCCC1)NC2=O)c1cc(F)cc(C(F)(F)F)c1. The van der Waals surface area contributed by atoms with Gasteiger partial charge in [-0.15, -0.1) is 0 Å². The highest BCUT2D eigenvalue weighted by Gasteiger charge is 2.34. The third-order valence-corrected chi connectivity index (χ3v) is 6.03. The molecule has 1 atom stereocenters. The van der Waals surface area contributed by atoms with Gasteiger partial charge in [-0.3, -0.25) is 9.59 Å². The maximum atomic E-state index is 13.7. The van der Waals surface area contributed by atoms with Gasteiger partial charge in [0.2, 0.25) is 0 Å². The van der Waals surface area contributed by atoms with Crippen LogP contribution >= 0.6 is 0 Å². The monoisotopic (exact) mass is 434 g/mol. The third-order valence-electron chi connectivity index (χ3n) is 6.03. The molecule has 1 fully saturated rings. The van der Waals surface area contributed by atoms with Gasteiger partial charge in [-0.1, -0.05) is 38.2 Å². The Hall–Kier alpha value is -2.90. The highest BCUT2D eigenvalue weighted by atomic mass is 19.4. The molecule has 0 saturated heterocycles. The molecular weight excluding hydrogens is 412 g/mol. The Balaban J connectivity index is 1.61. The van der Waals surface area contributed by atoms with Crippen LogP contribution in [-0.4, -0.2) is 11.8 Å². The van der Waals surface area contributed by atoms with Crippen molar-refractivity contribution in [2.75, 3.05) is 5.32 Å². The Morgan fingerprint density at radius 3 is 2.55 bits per heavy atom. The maximum absolute atomic E-state index is 13.7. The topological polar surface area (TPSA) is 58.2 Å². The van der Waals surface area contributed by atoms with Crippen LogP contribution in [-0.2, 0) is 6.18 Å². The molecule has 0 radical (unpaired) electrons. The van der Waals surface area contributed by atoms with Crippen molar-refractivity contribution >= 4 is 17.5 Å². The summed E-state index contributed by atoms with van der Waals surface area (Å²) >= 11 is 0. The van der Waals surface area contributed by atoms with Crippen molar-refractivity contribution in [1.82, 2.24) is 5.32 Å². The van der Waals surface area contributed by atoms with Gasteiger partial charge in [0.25, 0.3) is 11.8 Å². The summed E-state index contributed by atoms with van der Waals surface area (Å²) in [6.45, 7) is 0. The summed E-state index contributed by atoms with van der Waals surface area (Å²) in [5.74, 6) is -1.79. The van der Waals surface area contributed by atoms with Gasteiger partial charge in [-0.25, -0.2) is 4.39 Å². The van der Waals surface area contributed by atoms with Crippen molar-refractivity contribution in [2.24, 2.45) is 5.92 Å². The van der Waals surface area contributed by atoms with Gasteiger partial charge in [0.05, 0.1) is 11.6 Å². The van der Waals surface area contributed by atoms with E-state index in [1.807, 2.05) is 0 Å². The van der Waals surface area contributed by atoms with E-state index in [9.17, 15) is 27.2 Å². The average Bonchev–Trinajstić information content (AvgIpc) is 3.04. The second-order valence-corrected chi connectivity index (χ2v) is 8.21. The molecule has 0 bridgehead atoms. The molecule has 0 aromatic heterocycles. The minimum Gasteiger partial charge on any atom is -0.345 e. The summed E-state index contributed by atoms with van der Waals surface area (Å²) in [6.07, 6.45) is 1.64. The molecule has 0 spiro atoms. The quantitative estimate of drug-likeness (QED) is 0.593. The van der Waals surface area contributed by atoms with E-state index in [4.69, 9.17) is 0 Å². The lowest BCUT2D eigenvalue weighted by molar-refractivity contribution is -0.137. The zero-order valence-electron chi connectivity index (χ0n) is 16.7. The van der Waals surface area contributed by atoms with Crippen LogP contribution in [0.15, 0.2) is 36.4 Å². The van der Waals surface area contributed by atoms with Crippen LogP contribution in [0.5, 0.6) is 0 Å². The van der Waals surface area contributed by atoms with Gasteiger partial charge in [-0.05, 0) is 42.7 Å². The lowest BCUT2D eigenvalue weighted by Gasteiger charge is -2.25. The molecule has 164 valence electrons. The van der Waals surface area contributed by atoms with E-state index in [2.05, 4.69) is 10.6 Å². The van der Waals surface area contributed by atoms with Crippen LogP contribution in [0, 0.1) is 11.7 Å². The van der Waals surface area contributed by atoms with Crippen molar-refractivity contribution in [3.63, 3.8) is 0 Å². The van der Waals surface area contributed by atoms with Crippen molar-refractivity contribution in [1.29, 1.82) is 0 Å². The normalized spacial score (nSPS) is 19.1. The van der Waals surface area contributed by atoms with Gasteiger partial charge >= 0.3 is 6.18 Å². The van der Waals surface area contributed by atoms with Gasteiger partial charge in [0, 0.05) is 22.4 Å². The van der Waals surface area contributed by atoms with Crippen LogP contribution in [0.2, 0.25) is 0 Å². The molecule has 4 nitrogen and oxygen atoms in total. The minimum atomic E-state index is -4.77.